The van der Waals surface area contributed by atoms with E-state index in [1.807, 2.05) is 18.2 Å². The molecule has 100 valence electrons. The fourth-order valence-electron chi connectivity index (χ4n) is 2.31. The number of ether oxygens (including phenoxy) is 2. The Bertz CT molecular complexity index is 363. The SMILES string of the molecule is COc1ccccc1C(CI)OCCC1CCC1. The van der Waals surface area contributed by atoms with Gasteiger partial charge in [0.15, 0.2) is 0 Å². The van der Waals surface area contributed by atoms with Crippen LogP contribution in [0.5, 0.6) is 5.75 Å². The van der Waals surface area contributed by atoms with E-state index in [1.54, 1.807) is 7.11 Å². The molecule has 0 spiro atoms. The highest BCUT2D eigenvalue weighted by molar-refractivity contribution is 14.1. The van der Waals surface area contributed by atoms with Crippen LogP contribution in [-0.4, -0.2) is 18.1 Å². The van der Waals surface area contributed by atoms with Crippen molar-refractivity contribution >= 4 is 22.6 Å². The highest BCUT2D eigenvalue weighted by atomic mass is 127. The number of alkyl halides is 1. The van der Waals surface area contributed by atoms with Crippen LogP contribution in [0.2, 0.25) is 0 Å². The van der Waals surface area contributed by atoms with Crippen molar-refractivity contribution in [2.24, 2.45) is 5.92 Å². The second-order valence-electron chi connectivity index (χ2n) is 4.84. The van der Waals surface area contributed by atoms with E-state index in [2.05, 4.69) is 28.7 Å². The summed E-state index contributed by atoms with van der Waals surface area (Å²) in [7, 11) is 1.72. The molecule has 0 saturated heterocycles. The number of methoxy groups -OCH3 is 1. The second kappa shape index (κ2) is 7.34. The molecule has 18 heavy (non-hydrogen) atoms. The zero-order chi connectivity index (χ0) is 12.8. The van der Waals surface area contributed by atoms with E-state index in [0.29, 0.717) is 0 Å². The van der Waals surface area contributed by atoms with Crippen molar-refractivity contribution in [3.63, 3.8) is 0 Å². The monoisotopic (exact) mass is 360 g/mol. The van der Waals surface area contributed by atoms with E-state index in [0.717, 1.165) is 22.7 Å². The number of hydrogen-bond donors (Lipinski definition) is 0. The fraction of sp³-hybridized carbons (Fsp3) is 0.600. The van der Waals surface area contributed by atoms with Crippen molar-refractivity contribution in [3.05, 3.63) is 29.8 Å². The molecule has 0 aromatic heterocycles. The van der Waals surface area contributed by atoms with Gasteiger partial charge in [0.25, 0.3) is 0 Å². The molecule has 0 heterocycles. The summed E-state index contributed by atoms with van der Waals surface area (Å²) in [4.78, 5) is 0. The Morgan fingerprint density at radius 2 is 2.11 bits per heavy atom. The predicted octanol–water partition coefficient (Wildman–Crippen LogP) is 4.38. The predicted molar refractivity (Wildman–Crippen MR) is 82.5 cm³/mol. The molecule has 0 N–H and O–H groups in total. The minimum atomic E-state index is 0.154. The maximum Gasteiger partial charge on any atom is 0.124 e. The Labute approximate surface area is 123 Å². The number of hydrogen-bond acceptors (Lipinski definition) is 2. The lowest BCUT2D eigenvalue weighted by Crippen LogP contribution is -2.15. The standard InChI is InChI=1S/C15H21IO2/c1-17-14-8-3-2-7-13(14)15(11-16)18-10-9-12-5-4-6-12/h2-3,7-8,12,15H,4-6,9-11H2,1H3. The van der Waals surface area contributed by atoms with Crippen molar-refractivity contribution in [3.8, 4) is 5.75 Å². The Kier molecular flexibility index (Phi) is 5.76. The third-order valence-electron chi connectivity index (χ3n) is 3.70. The molecule has 1 aliphatic carbocycles. The maximum absolute atomic E-state index is 6.04. The van der Waals surface area contributed by atoms with Crippen LogP contribution in [0.25, 0.3) is 0 Å². The van der Waals surface area contributed by atoms with Gasteiger partial charge in [-0.15, -0.1) is 0 Å². The summed E-state index contributed by atoms with van der Waals surface area (Å²) < 4.78 is 12.4. The van der Waals surface area contributed by atoms with Crippen molar-refractivity contribution in [1.29, 1.82) is 0 Å². The number of benzene rings is 1. The van der Waals surface area contributed by atoms with Gasteiger partial charge in [-0.2, -0.15) is 0 Å². The highest BCUT2D eigenvalue weighted by Crippen LogP contribution is 2.32. The lowest BCUT2D eigenvalue weighted by atomic mass is 9.83. The van der Waals surface area contributed by atoms with Crippen LogP contribution in [0.3, 0.4) is 0 Å². The second-order valence-corrected chi connectivity index (χ2v) is 5.72. The van der Waals surface area contributed by atoms with E-state index in [9.17, 15) is 0 Å². The van der Waals surface area contributed by atoms with Gasteiger partial charge in [-0.3, -0.25) is 0 Å². The molecule has 2 nitrogen and oxygen atoms in total. The Morgan fingerprint density at radius 3 is 2.72 bits per heavy atom. The molecule has 1 saturated carbocycles. The third-order valence-corrected chi connectivity index (χ3v) is 4.50. The minimum absolute atomic E-state index is 0.154. The zero-order valence-electron chi connectivity index (χ0n) is 10.9. The average molecular weight is 360 g/mol. The van der Waals surface area contributed by atoms with Gasteiger partial charge in [0.1, 0.15) is 5.75 Å². The van der Waals surface area contributed by atoms with Gasteiger partial charge in [-0.25, -0.2) is 0 Å². The van der Waals surface area contributed by atoms with E-state index < -0.39 is 0 Å². The van der Waals surface area contributed by atoms with E-state index in [1.165, 1.54) is 31.2 Å². The molecule has 1 aromatic rings. The molecule has 1 unspecified atom stereocenters. The summed E-state index contributed by atoms with van der Waals surface area (Å²) in [5.41, 5.74) is 1.17. The molecular weight excluding hydrogens is 339 g/mol. The van der Waals surface area contributed by atoms with E-state index in [4.69, 9.17) is 9.47 Å². The first-order chi connectivity index (χ1) is 8.85. The molecule has 2 rings (SSSR count). The quantitative estimate of drug-likeness (QED) is 0.531. The number of halogens is 1. The summed E-state index contributed by atoms with van der Waals surface area (Å²) in [6, 6.07) is 8.16. The smallest absolute Gasteiger partial charge is 0.124 e. The normalized spacial score (nSPS) is 17.2. The van der Waals surface area contributed by atoms with Crippen LogP contribution in [0, 0.1) is 5.92 Å². The van der Waals surface area contributed by atoms with Gasteiger partial charge < -0.3 is 9.47 Å². The van der Waals surface area contributed by atoms with Crippen molar-refractivity contribution in [1.82, 2.24) is 0 Å². The van der Waals surface area contributed by atoms with Crippen molar-refractivity contribution in [2.75, 3.05) is 18.1 Å². The Hall–Kier alpha value is -0.290. The van der Waals surface area contributed by atoms with Crippen LogP contribution in [0.1, 0.15) is 37.4 Å². The lowest BCUT2D eigenvalue weighted by molar-refractivity contribution is 0.0517. The molecule has 1 atom stereocenters. The van der Waals surface area contributed by atoms with Gasteiger partial charge in [0.2, 0.25) is 0 Å². The first-order valence-electron chi connectivity index (χ1n) is 6.65. The molecular formula is C15H21IO2. The lowest BCUT2D eigenvalue weighted by Gasteiger charge is -2.26. The third kappa shape index (κ3) is 3.60. The first-order valence-corrected chi connectivity index (χ1v) is 8.18. The van der Waals surface area contributed by atoms with Crippen LogP contribution in [0.4, 0.5) is 0 Å². The zero-order valence-corrected chi connectivity index (χ0v) is 13.1. The summed E-state index contributed by atoms with van der Waals surface area (Å²) >= 11 is 2.39. The van der Waals surface area contributed by atoms with Gasteiger partial charge >= 0.3 is 0 Å². The summed E-state index contributed by atoms with van der Waals surface area (Å²) in [5, 5.41) is 0. The molecule has 0 aliphatic heterocycles. The van der Waals surface area contributed by atoms with Gasteiger partial charge in [0, 0.05) is 16.6 Å². The molecule has 1 aliphatic rings. The van der Waals surface area contributed by atoms with Crippen LogP contribution >= 0.6 is 22.6 Å². The summed E-state index contributed by atoms with van der Waals surface area (Å²) in [6.07, 6.45) is 5.57. The average Bonchev–Trinajstić information content (AvgIpc) is 2.37. The molecule has 1 aromatic carbocycles. The molecule has 0 bridgehead atoms. The largest absolute Gasteiger partial charge is 0.496 e. The number of rotatable bonds is 7. The molecule has 0 amide bonds. The van der Waals surface area contributed by atoms with Gasteiger partial charge in [0.05, 0.1) is 13.2 Å². The van der Waals surface area contributed by atoms with E-state index >= 15 is 0 Å². The first kappa shape index (κ1) is 14.1. The topological polar surface area (TPSA) is 18.5 Å². The Balaban J connectivity index is 1.89. The number of para-hydroxylation sites is 1. The highest BCUT2D eigenvalue weighted by Gasteiger charge is 2.19. The maximum atomic E-state index is 6.04. The van der Waals surface area contributed by atoms with Crippen LogP contribution < -0.4 is 4.74 Å². The van der Waals surface area contributed by atoms with Crippen LogP contribution in [-0.2, 0) is 4.74 Å². The van der Waals surface area contributed by atoms with Crippen molar-refractivity contribution in [2.45, 2.75) is 31.8 Å². The Morgan fingerprint density at radius 1 is 1.33 bits per heavy atom. The van der Waals surface area contributed by atoms with E-state index in [-0.39, 0.29) is 6.10 Å². The van der Waals surface area contributed by atoms with Gasteiger partial charge in [-0.1, -0.05) is 60.1 Å². The minimum Gasteiger partial charge on any atom is -0.496 e. The fourth-order valence-corrected chi connectivity index (χ4v) is 3.04. The molecule has 0 radical (unpaired) electrons. The summed E-state index contributed by atoms with van der Waals surface area (Å²) in [6.45, 7) is 0.871. The molecule has 3 heteroatoms. The van der Waals surface area contributed by atoms with Crippen LogP contribution in [0.15, 0.2) is 24.3 Å². The van der Waals surface area contributed by atoms with Crippen molar-refractivity contribution < 1.29 is 9.47 Å². The van der Waals surface area contributed by atoms with Gasteiger partial charge in [-0.05, 0) is 18.4 Å². The summed E-state index contributed by atoms with van der Waals surface area (Å²) in [5.74, 6) is 1.85. The molecule has 1 fully saturated rings.